The predicted octanol–water partition coefficient (Wildman–Crippen LogP) is 7.99. The van der Waals surface area contributed by atoms with Crippen LogP contribution in [0.15, 0.2) is 102 Å². The second kappa shape index (κ2) is 19.6. The van der Waals surface area contributed by atoms with Gasteiger partial charge in [0.05, 0.1) is 18.0 Å². The fraction of sp³-hybridized carbons (Fsp3) is 0.308. The SMILES string of the molecule is CNc1ccc(OC(F)(F)F)c(SCc2ccccc2)c1.O=CN(Cc1ccc(C(=O)NCC(O)C(=O)O)cc1)c1ccc(C2CCCCC2)cc1. The van der Waals surface area contributed by atoms with Crippen molar-refractivity contribution in [1.29, 1.82) is 0 Å². The highest BCUT2D eigenvalue weighted by Gasteiger charge is 2.32. The maximum atomic E-state index is 12.4. The van der Waals surface area contributed by atoms with Crippen molar-refractivity contribution in [3.63, 3.8) is 0 Å². The number of thioether (sulfide) groups is 1. The van der Waals surface area contributed by atoms with E-state index >= 15 is 0 Å². The summed E-state index contributed by atoms with van der Waals surface area (Å²) >= 11 is 1.31. The van der Waals surface area contributed by atoms with Gasteiger partial charge in [-0.25, -0.2) is 4.79 Å². The van der Waals surface area contributed by atoms with E-state index in [0.717, 1.165) is 28.9 Å². The first-order valence-electron chi connectivity index (χ1n) is 16.8. The van der Waals surface area contributed by atoms with E-state index in [-0.39, 0.29) is 12.3 Å². The maximum Gasteiger partial charge on any atom is 0.573 e. The van der Waals surface area contributed by atoms with Gasteiger partial charge in [-0.05, 0) is 77.9 Å². The predicted molar refractivity (Wildman–Crippen MR) is 196 cm³/mol. The summed E-state index contributed by atoms with van der Waals surface area (Å²) in [5, 5.41) is 23.2. The van der Waals surface area contributed by atoms with E-state index in [1.54, 1.807) is 48.3 Å². The molecule has 1 aliphatic rings. The molecule has 52 heavy (non-hydrogen) atoms. The Morgan fingerprint density at radius 1 is 0.942 bits per heavy atom. The van der Waals surface area contributed by atoms with E-state index in [1.165, 1.54) is 55.5 Å². The van der Waals surface area contributed by atoms with E-state index < -0.39 is 24.3 Å². The highest BCUT2D eigenvalue weighted by Crippen LogP contribution is 2.37. The van der Waals surface area contributed by atoms with Crippen LogP contribution in [0.1, 0.15) is 65.1 Å². The van der Waals surface area contributed by atoms with Crippen LogP contribution in [0.3, 0.4) is 0 Å². The number of carboxylic acid groups (broad SMARTS) is 1. The Labute approximate surface area is 305 Å². The number of aliphatic hydroxyl groups excluding tert-OH is 1. The molecule has 0 saturated heterocycles. The van der Waals surface area contributed by atoms with Crippen molar-refractivity contribution in [2.45, 2.75) is 67.7 Å². The fourth-order valence-electron chi connectivity index (χ4n) is 5.62. The van der Waals surface area contributed by atoms with Gasteiger partial charge in [-0.15, -0.1) is 24.9 Å². The summed E-state index contributed by atoms with van der Waals surface area (Å²) in [5.41, 5.74) is 5.12. The first kappa shape index (κ1) is 39.8. The Bertz CT molecular complexity index is 1740. The molecule has 1 atom stereocenters. The zero-order valence-corrected chi connectivity index (χ0v) is 29.5. The molecule has 4 aromatic carbocycles. The topological polar surface area (TPSA) is 128 Å². The summed E-state index contributed by atoms with van der Waals surface area (Å²) in [6.45, 7) is -0.00239. The Kier molecular flexibility index (Phi) is 15.0. The summed E-state index contributed by atoms with van der Waals surface area (Å²) < 4.78 is 41.3. The molecular weight excluding hydrogens is 696 g/mol. The van der Waals surface area contributed by atoms with Crippen molar-refractivity contribution < 1.29 is 42.5 Å². The molecule has 276 valence electrons. The van der Waals surface area contributed by atoms with Crippen LogP contribution in [0.5, 0.6) is 5.75 Å². The number of hydrogen-bond acceptors (Lipinski definition) is 7. The van der Waals surface area contributed by atoms with Crippen molar-refractivity contribution in [2.24, 2.45) is 0 Å². The number of aliphatic carboxylic acids is 1. The second-order valence-electron chi connectivity index (χ2n) is 12.2. The van der Waals surface area contributed by atoms with Crippen molar-refractivity contribution in [2.75, 3.05) is 23.8 Å². The van der Waals surface area contributed by atoms with Gasteiger partial charge in [-0.1, -0.05) is 73.9 Å². The number of ether oxygens (including phenoxy) is 1. The standard InChI is InChI=1S/C24H28N2O5.C15H14F3NOS/c27-16-26(21-12-10-19(11-13-21)18-4-2-1-3-5-18)15-17-6-8-20(9-7-17)23(29)25-14-22(28)24(30)31;1-19-12-7-8-13(20-15(16,17)18)14(9-12)21-10-11-5-3-2-4-6-11/h6-13,16,18,22,28H,1-5,14-15H2,(H,25,29)(H,30,31);2-9,19H,10H2,1H3. The van der Waals surface area contributed by atoms with Crippen LogP contribution >= 0.6 is 11.8 Å². The number of rotatable bonds is 14. The largest absolute Gasteiger partial charge is 0.573 e. The first-order valence-corrected chi connectivity index (χ1v) is 17.8. The van der Waals surface area contributed by atoms with Gasteiger partial charge >= 0.3 is 12.3 Å². The molecule has 9 nitrogen and oxygen atoms in total. The molecule has 0 radical (unpaired) electrons. The minimum absolute atomic E-state index is 0.178. The van der Waals surface area contributed by atoms with Crippen LogP contribution in [0.4, 0.5) is 24.5 Å². The average molecular weight is 738 g/mol. The molecule has 4 N–H and O–H groups in total. The summed E-state index contributed by atoms with van der Waals surface area (Å²) in [7, 11) is 1.71. The smallest absolute Gasteiger partial charge is 0.479 e. The molecule has 2 amide bonds. The number of carbonyl (C=O) groups excluding carboxylic acids is 2. The van der Waals surface area contributed by atoms with Gasteiger partial charge in [-0.2, -0.15) is 0 Å². The van der Waals surface area contributed by atoms with Crippen molar-refractivity contribution in [3.05, 3.63) is 119 Å². The lowest BCUT2D eigenvalue weighted by atomic mass is 9.84. The van der Waals surface area contributed by atoms with Gasteiger partial charge in [0.1, 0.15) is 5.75 Å². The van der Waals surface area contributed by atoms with Crippen LogP contribution in [0, 0.1) is 0 Å². The van der Waals surface area contributed by atoms with Crippen LogP contribution < -0.4 is 20.3 Å². The molecular formula is C39H42F3N3O6S. The number of hydrogen-bond donors (Lipinski definition) is 4. The molecule has 0 aliphatic heterocycles. The molecule has 5 rings (SSSR count). The van der Waals surface area contributed by atoms with Crippen molar-refractivity contribution in [1.82, 2.24) is 5.32 Å². The molecule has 0 bridgehead atoms. The minimum atomic E-state index is -4.69. The van der Waals surface area contributed by atoms with Crippen LogP contribution in [0.2, 0.25) is 0 Å². The number of amides is 2. The highest BCUT2D eigenvalue weighted by molar-refractivity contribution is 7.98. The third kappa shape index (κ3) is 12.6. The average Bonchev–Trinajstić information content (AvgIpc) is 3.16. The quantitative estimate of drug-likeness (QED) is 0.0758. The number of carbonyl (C=O) groups is 3. The van der Waals surface area contributed by atoms with Gasteiger partial charge in [-0.3, -0.25) is 9.59 Å². The normalized spacial score (nSPS) is 13.6. The maximum absolute atomic E-state index is 12.4. The number of halogens is 3. The Hall–Kier alpha value is -5.01. The summed E-state index contributed by atoms with van der Waals surface area (Å²) in [6, 6.07) is 29.0. The van der Waals surface area contributed by atoms with E-state index in [0.29, 0.717) is 28.7 Å². The van der Waals surface area contributed by atoms with Gasteiger partial charge in [0, 0.05) is 29.7 Å². The van der Waals surface area contributed by atoms with Gasteiger partial charge in [0.25, 0.3) is 5.91 Å². The molecule has 0 aromatic heterocycles. The van der Waals surface area contributed by atoms with Crippen molar-refractivity contribution >= 4 is 41.4 Å². The molecule has 0 heterocycles. The molecule has 1 aliphatic carbocycles. The zero-order valence-electron chi connectivity index (χ0n) is 28.6. The highest BCUT2D eigenvalue weighted by atomic mass is 32.2. The Morgan fingerprint density at radius 2 is 1.62 bits per heavy atom. The van der Waals surface area contributed by atoms with E-state index in [1.807, 2.05) is 42.5 Å². The summed E-state index contributed by atoms with van der Waals surface area (Å²) in [6.07, 6.45) is 0.791. The second-order valence-corrected chi connectivity index (χ2v) is 13.2. The van der Waals surface area contributed by atoms with Crippen LogP contribution in [0.25, 0.3) is 0 Å². The fourth-order valence-corrected chi connectivity index (χ4v) is 6.60. The third-order valence-electron chi connectivity index (χ3n) is 8.43. The lowest BCUT2D eigenvalue weighted by Crippen LogP contribution is -2.36. The van der Waals surface area contributed by atoms with Gasteiger partial charge in [0.2, 0.25) is 6.41 Å². The van der Waals surface area contributed by atoms with Gasteiger partial charge < -0.3 is 30.5 Å². The lowest BCUT2D eigenvalue weighted by molar-refractivity contribution is -0.275. The Balaban J connectivity index is 0.000000251. The lowest BCUT2D eigenvalue weighted by Gasteiger charge is -2.23. The number of carboxylic acids is 1. The van der Waals surface area contributed by atoms with E-state index in [4.69, 9.17) is 5.11 Å². The number of nitrogens with one attached hydrogen (secondary N) is 2. The van der Waals surface area contributed by atoms with E-state index in [9.17, 15) is 32.7 Å². The molecule has 1 saturated carbocycles. The molecule has 13 heteroatoms. The Morgan fingerprint density at radius 3 is 2.21 bits per heavy atom. The number of alkyl halides is 3. The summed E-state index contributed by atoms with van der Waals surface area (Å²) in [5.74, 6) is -0.860. The van der Waals surface area contributed by atoms with Crippen LogP contribution in [-0.4, -0.2) is 54.6 Å². The van der Waals surface area contributed by atoms with Crippen LogP contribution in [-0.2, 0) is 21.9 Å². The number of anilines is 2. The first-order chi connectivity index (χ1) is 25.0. The molecule has 0 spiro atoms. The number of benzene rings is 4. The van der Waals surface area contributed by atoms with E-state index in [2.05, 4.69) is 27.5 Å². The minimum Gasteiger partial charge on any atom is -0.479 e. The zero-order chi connectivity index (χ0) is 37.5. The number of aliphatic hydroxyl groups is 1. The molecule has 4 aromatic rings. The van der Waals surface area contributed by atoms with Crippen molar-refractivity contribution in [3.8, 4) is 5.75 Å². The monoisotopic (exact) mass is 737 g/mol. The van der Waals surface area contributed by atoms with Gasteiger partial charge in [0.15, 0.2) is 6.10 Å². The summed E-state index contributed by atoms with van der Waals surface area (Å²) in [4.78, 5) is 36.4. The number of nitrogens with zero attached hydrogens (tertiary/aromatic N) is 1. The third-order valence-corrected chi connectivity index (χ3v) is 9.54. The molecule has 1 fully saturated rings. The molecule has 1 unspecified atom stereocenters.